The third kappa shape index (κ3) is 4.64. The van der Waals surface area contributed by atoms with E-state index in [1.54, 1.807) is 28.2 Å². The smallest absolute Gasteiger partial charge is 0.434 e. The third-order valence-electron chi connectivity index (χ3n) is 3.77. The van der Waals surface area contributed by atoms with Crippen LogP contribution < -0.4 is 9.47 Å². The van der Waals surface area contributed by atoms with Crippen molar-refractivity contribution in [2.45, 2.75) is 33.1 Å². The Balaban J connectivity index is 2.20. The Morgan fingerprint density at radius 3 is 2.24 bits per heavy atom. The van der Waals surface area contributed by atoms with Gasteiger partial charge in [-0.05, 0) is 44.2 Å². The van der Waals surface area contributed by atoms with Crippen LogP contribution in [0.2, 0.25) is 0 Å². The van der Waals surface area contributed by atoms with Crippen LogP contribution in [0.5, 0.6) is 11.5 Å². The molecule has 0 atom stereocenters. The van der Waals surface area contributed by atoms with Crippen molar-refractivity contribution in [2.24, 2.45) is 0 Å². The van der Waals surface area contributed by atoms with Gasteiger partial charge in [-0.15, -0.1) is 11.3 Å². The Bertz CT molecular complexity index is 744. The minimum atomic E-state index is -4.43. The molecule has 4 nitrogen and oxygen atoms in total. The maximum atomic E-state index is 13.1. The second kappa shape index (κ2) is 7.61. The Labute approximate surface area is 149 Å². The number of halogens is 3. The molecule has 0 bridgehead atoms. The number of alkyl halides is 3. The van der Waals surface area contributed by atoms with Crippen LogP contribution >= 0.6 is 11.3 Å². The molecule has 0 unspecified atom stereocenters. The summed E-state index contributed by atoms with van der Waals surface area (Å²) in [4.78, 5) is 5.70. The highest BCUT2D eigenvalue weighted by molar-refractivity contribution is 7.11. The number of rotatable bonds is 6. The Kier molecular flexibility index (Phi) is 5.95. The van der Waals surface area contributed by atoms with E-state index in [1.165, 1.54) is 0 Å². The van der Waals surface area contributed by atoms with E-state index in [0.29, 0.717) is 23.1 Å². The van der Waals surface area contributed by atoms with E-state index in [9.17, 15) is 13.2 Å². The van der Waals surface area contributed by atoms with Gasteiger partial charge in [-0.2, -0.15) is 13.2 Å². The summed E-state index contributed by atoms with van der Waals surface area (Å²) in [6.07, 6.45) is -4.43. The number of aryl methyl sites for hydroxylation is 2. The lowest BCUT2D eigenvalue weighted by atomic mass is 10.1. The molecule has 0 amide bonds. The predicted octanol–water partition coefficient (Wildman–Crippen LogP) is 4.43. The first-order valence-corrected chi connectivity index (χ1v) is 8.41. The molecule has 0 saturated carbocycles. The maximum absolute atomic E-state index is 13.1. The molecule has 25 heavy (non-hydrogen) atoms. The summed E-state index contributed by atoms with van der Waals surface area (Å²) in [6, 6.07) is 3.72. The van der Waals surface area contributed by atoms with Crippen LogP contribution in [0.15, 0.2) is 12.1 Å². The fourth-order valence-electron chi connectivity index (χ4n) is 2.58. The zero-order valence-corrected chi connectivity index (χ0v) is 15.6. The van der Waals surface area contributed by atoms with Crippen molar-refractivity contribution in [2.75, 3.05) is 21.3 Å². The van der Waals surface area contributed by atoms with Gasteiger partial charge < -0.3 is 9.47 Å². The number of hydrogen-bond donors (Lipinski definition) is 0. The molecule has 8 heteroatoms. The highest BCUT2D eigenvalue weighted by Crippen LogP contribution is 2.35. The predicted molar refractivity (Wildman–Crippen MR) is 91.3 cm³/mol. The summed E-state index contributed by atoms with van der Waals surface area (Å²) in [5.41, 5.74) is 1.17. The van der Waals surface area contributed by atoms with Crippen molar-refractivity contribution in [3.63, 3.8) is 0 Å². The van der Waals surface area contributed by atoms with E-state index in [1.807, 2.05) is 24.0 Å². The average Bonchev–Trinajstić information content (AvgIpc) is 2.89. The van der Waals surface area contributed by atoms with Crippen molar-refractivity contribution >= 4 is 11.3 Å². The minimum absolute atomic E-state index is 0.175. The molecule has 138 valence electrons. The van der Waals surface area contributed by atoms with Crippen LogP contribution in [0.3, 0.4) is 0 Å². The number of thiazole rings is 1. The van der Waals surface area contributed by atoms with Gasteiger partial charge in [-0.3, -0.25) is 4.90 Å². The monoisotopic (exact) mass is 374 g/mol. The maximum Gasteiger partial charge on any atom is 0.434 e. The van der Waals surface area contributed by atoms with Crippen molar-refractivity contribution in [3.8, 4) is 11.5 Å². The van der Waals surface area contributed by atoms with Gasteiger partial charge in [-0.25, -0.2) is 4.98 Å². The van der Waals surface area contributed by atoms with Gasteiger partial charge >= 0.3 is 6.18 Å². The SMILES string of the molecule is COc1cc(C)c(CN(C)Cc2sc(C)nc2C(F)(F)F)cc1OC. The fraction of sp³-hybridized carbons (Fsp3) is 0.471. The Hall–Kier alpha value is -1.80. The molecule has 0 saturated heterocycles. The van der Waals surface area contributed by atoms with Crippen molar-refractivity contribution in [1.29, 1.82) is 0 Å². The molecule has 1 aromatic heterocycles. The van der Waals surface area contributed by atoms with E-state index in [2.05, 4.69) is 4.98 Å². The fourth-order valence-corrected chi connectivity index (χ4v) is 3.62. The van der Waals surface area contributed by atoms with Crippen LogP contribution in [0, 0.1) is 13.8 Å². The van der Waals surface area contributed by atoms with Gasteiger partial charge in [0.25, 0.3) is 0 Å². The molecule has 0 radical (unpaired) electrons. The standard InChI is InChI=1S/C17H21F3N2O2S/c1-10-6-13(23-4)14(24-5)7-12(10)8-22(3)9-15-16(17(18,19)20)21-11(2)25-15/h6-7H,8-9H2,1-5H3. The summed E-state index contributed by atoms with van der Waals surface area (Å²) in [7, 11) is 4.90. The Morgan fingerprint density at radius 2 is 1.68 bits per heavy atom. The van der Waals surface area contributed by atoms with Crippen LogP contribution in [0.25, 0.3) is 0 Å². The molecule has 0 aliphatic heterocycles. The van der Waals surface area contributed by atoms with E-state index >= 15 is 0 Å². The van der Waals surface area contributed by atoms with Crippen LogP contribution in [0.4, 0.5) is 13.2 Å². The molecule has 1 heterocycles. The zero-order chi connectivity index (χ0) is 18.8. The van der Waals surface area contributed by atoms with Crippen LogP contribution in [-0.2, 0) is 19.3 Å². The van der Waals surface area contributed by atoms with E-state index in [-0.39, 0.29) is 11.4 Å². The van der Waals surface area contributed by atoms with E-state index < -0.39 is 11.9 Å². The second-order valence-corrected chi connectivity index (χ2v) is 7.10. The quantitative estimate of drug-likeness (QED) is 0.749. The molecular weight excluding hydrogens is 353 g/mol. The van der Waals surface area contributed by atoms with Crippen molar-refractivity contribution in [3.05, 3.63) is 38.8 Å². The number of hydrogen-bond acceptors (Lipinski definition) is 5. The van der Waals surface area contributed by atoms with Crippen molar-refractivity contribution in [1.82, 2.24) is 9.88 Å². The lowest BCUT2D eigenvalue weighted by molar-refractivity contribution is -0.141. The highest BCUT2D eigenvalue weighted by atomic mass is 32.1. The number of aromatic nitrogens is 1. The number of nitrogens with zero attached hydrogens (tertiary/aromatic N) is 2. The first kappa shape index (κ1) is 19.5. The minimum Gasteiger partial charge on any atom is -0.493 e. The number of methoxy groups -OCH3 is 2. The molecule has 0 aliphatic rings. The summed E-state index contributed by atoms with van der Waals surface area (Å²) in [5, 5.41) is 0.415. The van der Waals surface area contributed by atoms with Crippen LogP contribution in [-0.4, -0.2) is 31.2 Å². The zero-order valence-electron chi connectivity index (χ0n) is 14.8. The first-order valence-electron chi connectivity index (χ1n) is 7.59. The second-order valence-electron chi connectivity index (χ2n) is 5.81. The van der Waals surface area contributed by atoms with Gasteiger partial charge in [0.05, 0.1) is 24.1 Å². The van der Waals surface area contributed by atoms with E-state index in [4.69, 9.17) is 9.47 Å². The van der Waals surface area contributed by atoms with Gasteiger partial charge in [0, 0.05) is 13.1 Å². The number of benzene rings is 1. The molecule has 1 aromatic carbocycles. The average molecular weight is 374 g/mol. The molecular formula is C17H21F3N2O2S. The largest absolute Gasteiger partial charge is 0.493 e. The molecule has 0 fully saturated rings. The lowest BCUT2D eigenvalue weighted by Gasteiger charge is -2.19. The van der Waals surface area contributed by atoms with E-state index in [0.717, 1.165) is 22.5 Å². The summed E-state index contributed by atoms with van der Waals surface area (Å²) < 4.78 is 49.8. The normalized spacial score (nSPS) is 11.9. The Morgan fingerprint density at radius 1 is 1.08 bits per heavy atom. The topological polar surface area (TPSA) is 34.6 Å². The van der Waals surface area contributed by atoms with Gasteiger partial charge in [-0.1, -0.05) is 0 Å². The highest BCUT2D eigenvalue weighted by Gasteiger charge is 2.37. The molecule has 0 aliphatic carbocycles. The molecule has 2 rings (SSSR count). The van der Waals surface area contributed by atoms with Gasteiger partial charge in [0.15, 0.2) is 17.2 Å². The molecule has 0 N–H and O–H groups in total. The van der Waals surface area contributed by atoms with Gasteiger partial charge in [0.1, 0.15) is 0 Å². The summed E-state index contributed by atoms with van der Waals surface area (Å²) in [5.74, 6) is 1.23. The molecule has 2 aromatic rings. The van der Waals surface area contributed by atoms with Gasteiger partial charge in [0.2, 0.25) is 0 Å². The third-order valence-corrected chi connectivity index (χ3v) is 4.72. The first-order chi connectivity index (χ1) is 11.7. The van der Waals surface area contributed by atoms with Crippen LogP contribution in [0.1, 0.15) is 26.7 Å². The molecule has 0 spiro atoms. The summed E-state index contributed by atoms with van der Waals surface area (Å²) in [6.45, 7) is 4.18. The number of ether oxygens (including phenoxy) is 2. The van der Waals surface area contributed by atoms with Crippen molar-refractivity contribution < 1.29 is 22.6 Å². The summed E-state index contributed by atoms with van der Waals surface area (Å²) >= 11 is 1.08. The lowest BCUT2D eigenvalue weighted by Crippen LogP contribution is -2.20.